The normalized spacial score (nSPS) is 15.0. The fourth-order valence-electron chi connectivity index (χ4n) is 3.31. The molecule has 1 saturated heterocycles. The summed E-state index contributed by atoms with van der Waals surface area (Å²) in [5.41, 5.74) is 3.97. The third-order valence-corrected chi connectivity index (χ3v) is 6.93. The number of imide groups is 1. The molecule has 0 saturated carbocycles. The Balaban J connectivity index is 1.50. The highest BCUT2D eigenvalue weighted by Gasteiger charge is 2.35. The van der Waals surface area contributed by atoms with Gasteiger partial charge in [0.05, 0.1) is 20.4 Å². The molecule has 0 N–H and O–H groups in total. The van der Waals surface area contributed by atoms with Crippen molar-refractivity contribution in [3.8, 4) is 5.75 Å². The van der Waals surface area contributed by atoms with Crippen molar-refractivity contribution in [2.45, 2.75) is 20.1 Å². The number of amides is 2. The van der Waals surface area contributed by atoms with Gasteiger partial charge in [-0.15, -0.1) is 0 Å². The van der Waals surface area contributed by atoms with Crippen molar-refractivity contribution in [1.29, 1.82) is 0 Å². The molecular weight excluding hydrogens is 554 g/mol. The van der Waals surface area contributed by atoms with Crippen molar-refractivity contribution in [1.82, 2.24) is 4.90 Å². The number of ether oxygens (including phenoxy) is 1. The molecule has 2 amide bonds. The van der Waals surface area contributed by atoms with Gasteiger partial charge >= 0.3 is 0 Å². The highest BCUT2D eigenvalue weighted by atomic mass is 79.9. The Morgan fingerprint density at radius 2 is 1.62 bits per heavy atom. The van der Waals surface area contributed by atoms with Crippen molar-refractivity contribution in [2.75, 3.05) is 0 Å². The first-order valence-corrected chi connectivity index (χ1v) is 12.3. The van der Waals surface area contributed by atoms with Crippen molar-refractivity contribution < 1.29 is 14.3 Å². The summed E-state index contributed by atoms with van der Waals surface area (Å²) in [5.74, 6) is 0.400. The Morgan fingerprint density at radius 1 is 0.938 bits per heavy atom. The van der Waals surface area contributed by atoms with Crippen LogP contribution in [0, 0.1) is 6.92 Å². The highest BCUT2D eigenvalue weighted by Crippen LogP contribution is 2.38. The SMILES string of the molecule is Cc1cccc(COc2c(Br)cc(/C=C3\SC(=O)N(Cc4ccccc4)C3=O)cc2Br)c1. The predicted octanol–water partition coefficient (Wildman–Crippen LogP) is 7.34. The van der Waals surface area contributed by atoms with Crippen LogP contribution in [-0.2, 0) is 17.9 Å². The molecule has 3 aromatic carbocycles. The molecule has 1 aliphatic rings. The van der Waals surface area contributed by atoms with Crippen LogP contribution in [0.25, 0.3) is 6.08 Å². The number of hydrogen-bond donors (Lipinski definition) is 0. The minimum absolute atomic E-state index is 0.263. The van der Waals surface area contributed by atoms with E-state index in [2.05, 4.69) is 37.9 Å². The maximum Gasteiger partial charge on any atom is 0.293 e. The summed E-state index contributed by atoms with van der Waals surface area (Å²) in [7, 11) is 0. The average molecular weight is 573 g/mol. The summed E-state index contributed by atoms with van der Waals surface area (Å²) in [6, 6.07) is 21.4. The number of aryl methyl sites for hydroxylation is 1. The molecule has 0 aliphatic carbocycles. The Bertz CT molecular complexity index is 1190. The van der Waals surface area contributed by atoms with E-state index < -0.39 is 0 Å². The van der Waals surface area contributed by atoms with Gasteiger partial charge in [-0.1, -0.05) is 60.2 Å². The second kappa shape index (κ2) is 10.1. The summed E-state index contributed by atoms with van der Waals surface area (Å²) in [6.07, 6.45) is 1.73. The van der Waals surface area contributed by atoms with Crippen molar-refractivity contribution in [3.05, 3.63) is 103 Å². The molecule has 4 rings (SSSR count). The van der Waals surface area contributed by atoms with Gasteiger partial charge in [0, 0.05) is 0 Å². The molecule has 3 aromatic rings. The van der Waals surface area contributed by atoms with E-state index in [9.17, 15) is 9.59 Å². The highest BCUT2D eigenvalue weighted by molar-refractivity contribution is 9.11. The molecule has 162 valence electrons. The van der Waals surface area contributed by atoms with E-state index in [-0.39, 0.29) is 17.7 Å². The summed E-state index contributed by atoms with van der Waals surface area (Å²) >= 11 is 8.09. The molecule has 1 heterocycles. The molecule has 0 atom stereocenters. The van der Waals surface area contributed by atoms with Gasteiger partial charge in [0.1, 0.15) is 12.4 Å². The second-order valence-corrected chi connectivity index (χ2v) is 10.0. The number of thioether (sulfide) groups is 1. The lowest BCUT2D eigenvalue weighted by Gasteiger charge is -2.13. The minimum Gasteiger partial charge on any atom is -0.487 e. The van der Waals surface area contributed by atoms with Crippen LogP contribution in [0.5, 0.6) is 5.75 Å². The van der Waals surface area contributed by atoms with Gasteiger partial charge in [-0.2, -0.15) is 0 Å². The number of hydrogen-bond acceptors (Lipinski definition) is 4. The van der Waals surface area contributed by atoms with E-state index in [0.29, 0.717) is 17.3 Å². The number of halogens is 2. The third kappa shape index (κ3) is 5.34. The predicted molar refractivity (Wildman–Crippen MR) is 135 cm³/mol. The fourth-order valence-corrected chi connectivity index (χ4v) is 5.60. The lowest BCUT2D eigenvalue weighted by atomic mass is 10.1. The molecule has 0 bridgehead atoms. The minimum atomic E-state index is -0.282. The summed E-state index contributed by atoms with van der Waals surface area (Å²) in [6.45, 7) is 2.75. The maximum absolute atomic E-state index is 12.8. The van der Waals surface area contributed by atoms with Crippen molar-refractivity contribution in [3.63, 3.8) is 0 Å². The second-order valence-electron chi connectivity index (χ2n) is 7.34. The molecule has 0 spiro atoms. The first-order valence-electron chi connectivity index (χ1n) is 9.87. The van der Waals surface area contributed by atoms with E-state index in [4.69, 9.17) is 4.74 Å². The Morgan fingerprint density at radius 3 is 2.31 bits per heavy atom. The van der Waals surface area contributed by atoms with E-state index in [1.54, 1.807) is 6.08 Å². The van der Waals surface area contributed by atoms with Gasteiger partial charge in [-0.3, -0.25) is 14.5 Å². The molecule has 4 nitrogen and oxygen atoms in total. The monoisotopic (exact) mass is 571 g/mol. The molecule has 0 aromatic heterocycles. The molecule has 1 fully saturated rings. The number of carbonyl (C=O) groups excluding carboxylic acids is 2. The molecule has 7 heteroatoms. The van der Waals surface area contributed by atoms with Crippen molar-refractivity contribution in [2.24, 2.45) is 0 Å². The summed E-state index contributed by atoms with van der Waals surface area (Å²) in [5, 5.41) is -0.263. The zero-order valence-corrected chi connectivity index (χ0v) is 21.2. The van der Waals surface area contributed by atoms with Gasteiger partial charge in [0.25, 0.3) is 11.1 Å². The van der Waals surface area contributed by atoms with Crippen LogP contribution in [0.15, 0.2) is 80.6 Å². The zero-order chi connectivity index (χ0) is 22.7. The van der Waals surface area contributed by atoms with E-state index in [1.165, 1.54) is 10.5 Å². The summed E-state index contributed by atoms with van der Waals surface area (Å²) in [4.78, 5) is 26.9. The topological polar surface area (TPSA) is 46.6 Å². The van der Waals surface area contributed by atoms with Crippen LogP contribution in [-0.4, -0.2) is 16.0 Å². The van der Waals surface area contributed by atoms with Crippen LogP contribution in [0.1, 0.15) is 22.3 Å². The molecular formula is C25H19Br2NO3S. The summed E-state index contributed by atoms with van der Waals surface area (Å²) < 4.78 is 7.52. The Kier molecular flexibility index (Phi) is 7.18. The Labute approximate surface area is 207 Å². The first-order chi connectivity index (χ1) is 15.4. The van der Waals surface area contributed by atoms with Crippen molar-refractivity contribution >= 4 is 60.8 Å². The average Bonchev–Trinajstić information content (AvgIpc) is 3.01. The van der Waals surface area contributed by atoms with Crippen LogP contribution >= 0.6 is 43.6 Å². The quantitative estimate of drug-likeness (QED) is 0.290. The number of rotatable bonds is 6. The van der Waals surface area contributed by atoms with Crippen LogP contribution in [0.2, 0.25) is 0 Å². The van der Waals surface area contributed by atoms with E-state index >= 15 is 0 Å². The van der Waals surface area contributed by atoms with E-state index in [1.807, 2.05) is 67.6 Å². The van der Waals surface area contributed by atoms with Crippen LogP contribution in [0.4, 0.5) is 4.79 Å². The smallest absolute Gasteiger partial charge is 0.293 e. The molecule has 1 aliphatic heterocycles. The van der Waals surface area contributed by atoms with Gasteiger partial charge in [0.15, 0.2) is 0 Å². The van der Waals surface area contributed by atoms with Gasteiger partial charge < -0.3 is 4.74 Å². The molecule has 0 radical (unpaired) electrons. The maximum atomic E-state index is 12.8. The van der Waals surface area contributed by atoms with Gasteiger partial charge in [-0.25, -0.2) is 0 Å². The molecule has 0 unspecified atom stereocenters. The number of nitrogens with zero attached hydrogens (tertiary/aromatic N) is 1. The van der Waals surface area contributed by atoms with Gasteiger partial charge in [-0.05, 0) is 85.4 Å². The number of carbonyl (C=O) groups is 2. The largest absolute Gasteiger partial charge is 0.487 e. The first kappa shape index (κ1) is 22.8. The lowest BCUT2D eigenvalue weighted by molar-refractivity contribution is -0.123. The van der Waals surface area contributed by atoms with Gasteiger partial charge in [0.2, 0.25) is 0 Å². The Hall–Kier alpha value is -2.35. The van der Waals surface area contributed by atoms with Crippen LogP contribution < -0.4 is 4.74 Å². The standard InChI is InChI=1S/C25H19Br2NO3S/c1-16-6-5-9-18(10-16)15-31-23-20(26)11-19(12-21(23)27)13-22-24(29)28(25(30)32-22)14-17-7-3-2-4-8-17/h2-13H,14-15H2,1H3/b22-13-. The third-order valence-electron chi connectivity index (χ3n) is 4.84. The lowest BCUT2D eigenvalue weighted by Crippen LogP contribution is -2.27. The molecule has 32 heavy (non-hydrogen) atoms. The fraction of sp³-hybridized carbons (Fsp3) is 0.120. The zero-order valence-electron chi connectivity index (χ0n) is 17.2. The van der Waals surface area contributed by atoms with Crippen LogP contribution in [0.3, 0.4) is 0 Å². The van der Waals surface area contributed by atoms with E-state index in [0.717, 1.165) is 37.4 Å². The number of benzene rings is 3.